The van der Waals surface area contributed by atoms with E-state index in [1.165, 1.54) is 0 Å². The van der Waals surface area contributed by atoms with Crippen molar-refractivity contribution in [1.82, 2.24) is 4.98 Å². The molecule has 3 aromatic rings. The van der Waals surface area contributed by atoms with Gasteiger partial charge < -0.3 is 0 Å². The zero-order valence-corrected chi connectivity index (χ0v) is 10.4. The van der Waals surface area contributed by atoms with Gasteiger partial charge in [-0.2, -0.15) is 5.10 Å². The van der Waals surface area contributed by atoms with E-state index >= 15 is 0 Å². The molecule has 0 saturated carbocycles. The number of rotatable bonds is 3. The highest BCUT2D eigenvalue weighted by atomic mass is 32.1. The minimum atomic E-state index is 0.779. The van der Waals surface area contributed by atoms with Gasteiger partial charge in [-0.25, -0.2) is 4.98 Å². The summed E-state index contributed by atoms with van der Waals surface area (Å²) in [6, 6.07) is 14.1. The summed E-state index contributed by atoms with van der Waals surface area (Å²) in [6.07, 6.45) is 3.58. The predicted molar refractivity (Wildman–Crippen MR) is 77.3 cm³/mol. The first-order valence-corrected chi connectivity index (χ1v) is 6.48. The van der Waals surface area contributed by atoms with Crippen LogP contribution >= 0.6 is 11.3 Å². The van der Waals surface area contributed by atoms with E-state index in [9.17, 15) is 0 Å². The molecule has 0 bridgehead atoms. The maximum absolute atomic E-state index is 4.30. The van der Waals surface area contributed by atoms with Crippen molar-refractivity contribution >= 4 is 34.1 Å². The van der Waals surface area contributed by atoms with Crippen LogP contribution in [0.4, 0.5) is 5.82 Å². The van der Waals surface area contributed by atoms with Crippen LogP contribution < -0.4 is 5.43 Å². The molecule has 0 atom stereocenters. The van der Waals surface area contributed by atoms with Crippen LogP contribution in [0, 0.1) is 0 Å². The molecule has 4 heteroatoms. The molecule has 0 aliphatic heterocycles. The Labute approximate surface area is 109 Å². The standard InChI is InChI=1S/C14H11N3S/c1-2-6-13-11(4-1)7-8-15-14(13)17-16-10-12-5-3-9-18-12/h1-10H,(H,15,17)/b16-10+. The molecule has 0 saturated heterocycles. The van der Waals surface area contributed by atoms with E-state index in [0.717, 1.165) is 21.5 Å². The van der Waals surface area contributed by atoms with Crippen molar-refractivity contribution in [2.75, 3.05) is 5.43 Å². The molecule has 0 aliphatic carbocycles. The number of hydrogen-bond acceptors (Lipinski definition) is 4. The zero-order valence-electron chi connectivity index (χ0n) is 9.58. The Morgan fingerprint density at radius 1 is 1.11 bits per heavy atom. The molecule has 2 aromatic heterocycles. The number of thiophene rings is 1. The smallest absolute Gasteiger partial charge is 0.154 e. The van der Waals surface area contributed by atoms with Gasteiger partial charge in [-0.05, 0) is 22.9 Å². The average Bonchev–Trinajstić information content (AvgIpc) is 2.92. The first-order chi connectivity index (χ1) is 8.93. The second-order valence-electron chi connectivity index (χ2n) is 3.77. The molecule has 0 unspecified atom stereocenters. The van der Waals surface area contributed by atoms with Crippen LogP contribution in [0.3, 0.4) is 0 Å². The number of benzene rings is 1. The monoisotopic (exact) mass is 253 g/mol. The van der Waals surface area contributed by atoms with E-state index < -0.39 is 0 Å². The minimum absolute atomic E-state index is 0.779. The van der Waals surface area contributed by atoms with Gasteiger partial charge in [0, 0.05) is 16.5 Å². The molecule has 1 aromatic carbocycles. The van der Waals surface area contributed by atoms with Crippen molar-refractivity contribution in [1.29, 1.82) is 0 Å². The zero-order chi connectivity index (χ0) is 12.2. The summed E-state index contributed by atoms with van der Waals surface area (Å²) >= 11 is 1.65. The number of anilines is 1. The third-order valence-corrected chi connectivity index (χ3v) is 3.39. The summed E-state index contributed by atoms with van der Waals surface area (Å²) in [5.41, 5.74) is 2.99. The number of nitrogens with one attached hydrogen (secondary N) is 1. The molecule has 1 N–H and O–H groups in total. The Hall–Kier alpha value is -2.20. The molecule has 0 radical (unpaired) electrons. The molecule has 18 heavy (non-hydrogen) atoms. The molecule has 2 heterocycles. The summed E-state index contributed by atoms with van der Waals surface area (Å²) in [5.74, 6) is 0.779. The maximum Gasteiger partial charge on any atom is 0.154 e. The number of hydrogen-bond donors (Lipinski definition) is 1. The SMILES string of the molecule is C(=N\Nc1nccc2ccccc12)/c1cccs1. The van der Waals surface area contributed by atoms with Gasteiger partial charge in [-0.3, -0.25) is 5.43 Å². The molecule has 3 rings (SSSR count). The van der Waals surface area contributed by atoms with Crippen LogP contribution in [-0.4, -0.2) is 11.2 Å². The second-order valence-corrected chi connectivity index (χ2v) is 4.75. The van der Waals surface area contributed by atoms with Crippen molar-refractivity contribution in [2.45, 2.75) is 0 Å². The summed E-state index contributed by atoms with van der Waals surface area (Å²) in [5, 5.41) is 8.46. The summed E-state index contributed by atoms with van der Waals surface area (Å²) in [6.45, 7) is 0. The summed E-state index contributed by atoms with van der Waals surface area (Å²) < 4.78 is 0. The highest BCUT2D eigenvalue weighted by Gasteiger charge is 1.99. The van der Waals surface area contributed by atoms with E-state index in [1.54, 1.807) is 23.7 Å². The number of aromatic nitrogens is 1. The van der Waals surface area contributed by atoms with Crippen LogP contribution in [-0.2, 0) is 0 Å². The second kappa shape index (κ2) is 4.98. The topological polar surface area (TPSA) is 37.3 Å². The fourth-order valence-corrected chi connectivity index (χ4v) is 2.32. The molecular formula is C14H11N3S. The van der Waals surface area contributed by atoms with Crippen molar-refractivity contribution in [3.8, 4) is 0 Å². The molecule has 88 valence electrons. The Bertz CT molecular complexity index is 669. The van der Waals surface area contributed by atoms with Crippen molar-refractivity contribution in [2.24, 2.45) is 5.10 Å². The Morgan fingerprint density at radius 2 is 2.06 bits per heavy atom. The molecule has 0 aliphatic rings. The quantitative estimate of drug-likeness (QED) is 0.570. The summed E-state index contributed by atoms with van der Waals surface area (Å²) in [4.78, 5) is 5.42. The lowest BCUT2D eigenvalue weighted by atomic mass is 10.2. The fourth-order valence-electron chi connectivity index (χ4n) is 1.73. The number of fused-ring (bicyclic) bond motifs is 1. The average molecular weight is 253 g/mol. The normalized spacial score (nSPS) is 11.1. The van der Waals surface area contributed by atoms with Crippen LogP contribution in [0.5, 0.6) is 0 Å². The third-order valence-electron chi connectivity index (χ3n) is 2.58. The minimum Gasteiger partial charge on any atom is -0.261 e. The van der Waals surface area contributed by atoms with Crippen LogP contribution in [0.25, 0.3) is 10.8 Å². The van der Waals surface area contributed by atoms with Gasteiger partial charge in [0.25, 0.3) is 0 Å². The fraction of sp³-hybridized carbons (Fsp3) is 0. The lowest BCUT2D eigenvalue weighted by molar-refractivity contribution is 1.25. The highest BCUT2D eigenvalue weighted by molar-refractivity contribution is 7.11. The van der Waals surface area contributed by atoms with E-state index in [0.29, 0.717) is 0 Å². The molecule has 0 amide bonds. The number of hydrazone groups is 1. The Kier molecular flexibility index (Phi) is 3.02. The Morgan fingerprint density at radius 3 is 2.94 bits per heavy atom. The van der Waals surface area contributed by atoms with Gasteiger partial charge in [-0.15, -0.1) is 11.3 Å². The Balaban J connectivity index is 1.87. The largest absolute Gasteiger partial charge is 0.261 e. The summed E-state index contributed by atoms with van der Waals surface area (Å²) in [7, 11) is 0. The third kappa shape index (κ3) is 2.24. The lowest BCUT2D eigenvalue weighted by Crippen LogP contribution is -1.93. The van der Waals surface area contributed by atoms with Gasteiger partial charge in [0.2, 0.25) is 0 Å². The van der Waals surface area contributed by atoms with Gasteiger partial charge >= 0.3 is 0 Å². The van der Waals surface area contributed by atoms with Crippen molar-refractivity contribution in [3.05, 3.63) is 58.9 Å². The lowest BCUT2D eigenvalue weighted by Gasteiger charge is -2.03. The first-order valence-electron chi connectivity index (χ1n) is 5.60. The van der Waals surface area contributed by atoms with Gasteiger partial charge in [-0.1, -0.05) is 30.3 Å². The maximum atomic E-state index is 4.30. The van der Waals surface area contributed by atoms with Crippen LogP contribution in [0.15, 0.2) is 59.1 Å². The molecular weight excluding hydrogens is 242 g/mol. The number of pyridine rings is 1. The first kappa shape index (κ1) is 10.9. The van der Waals surface area contributed by atoms with Crippen LogP contribution in [0.1, 0.15) is 4.88 Å². The van der Waals surface area contributed by atoms with E-state index in [4.69, 9.17) is 0 Å². The van der Waals surface area contributed by atoms with Crippen molar-refractivity contribution in [3.63, 3.8) is 0 Å². The molecule has 3 nitrogen and oxygen atoms in total. The molecule has 0 spiro atoms. The van der Waals surface area contributed by atoms with Gasteiger partial charge in [0.15, 0.2) is 5.82 Å². The van der Waals surface area contributed by atoms with Gasteiger partial charge in [0.05, 0.1) is 6.21 Å². The number of nitrogens with zero attached hydrogens (tertiary/aromatic N) is 2. The highest BCUT2D eigenvalue weighted by Crippen LogP contribution is 2.20. The predicted octanol–water partition coefficient (Wildman–Crippen LogP) is 3.74. The van der Waals surface area contributed by atoms with Crippen molar-refractivity contribution < 1.29 is 0 Å². The van der Waals surface area contributed by atoms with E-state index in [2.05, 4.69) is 21.6 Å². The van der Waals surface area contributed by atoms with E-state index in [-0.39, 0.29) is 0 Å². The van der Waals surface area contributed by atoms with Crippen LogP contribution in [0.2, 0.25) is 0 Å². The van der Waals surface area contributed by atoms with Gasteiger partial charge in [0.1, 0.15) is 0 Å². The van der Waals surface area contributed by atoms with E-state index in [1.807, 2.05) is 41.8 Å². The molecule has 0 fully saturated rings.